The van der Waals surface area contributed by atoms with Crippen LogP contribution in [0.2, 0.25) is 0 Å². The standard InChI is InChI=1S/C26H18N4O3/c1-31-16-8-6-7-15(13-16)22-17(14-27)26-30(19-10-3-5-12-21(19)33-26)24(28)23(22)25-29-18-9-2-4-11-20(18)32-25/h2-13,22,28-29H,1H3/b25-23+,28-24?. The van der Waals surface area contributed by atoms with E-state index in [4.69, 9.17) is 14.2 Å². The summed E-state index contributed by atoms with van der Waals surface area (Å²) in [4.78, 5) is 1.67. The van der Waals surface area contributed by atoms with Gasteiger partial charge in [0, 0.05) is 0 Å². The van der Waals surface area contributed by atoms with Gasteiger partial charge in [0.1, 0.15) is 23.2 Å². The zero-order valence-corrected chi connectivity index (χ0v) is 17.6. The maximum absolute atomic E-state index is 10.3. The van der Waals surface area contributed by atoms with E-state index < -0.39 is 5.92 Å². The van der Waals surface area contributed by atoms with Crippen molar-refractivity contribution in [3.05, 3.63) is 101 Å². The molecule has 3 heterocycles. The van der Waals surface area contributed by atoms with E-state index in [2.05, 4.69) is 11.4 Å². The van der Waals surface area contributed by atoms with Crippen molar-refractivity contribution in [1.82, 2.24) is 0 Å². The second kappa shape index (κ2) is 7.18. The molecule has 0 fully saturated rings. The molecule has 7 heteroatoms. The largest absolute Gasteiger partial charge is 0.497 e. The van der Waals surface area contributed by atoms with Crippen LogP contribution >= 0.6 is 0 Å². The number of methoxy groups -OCH3 is 1. The van der Waals surface area contributed by atoms with Gasteiger partial charge in [0.15, 0.2) is 11.5 Å². The molecule has 3 aliphatic rings. The van der Waals surface area contributed by atoms with Gasteiger partial charge in [0.05, 0.1) is 30.0 Å². The summed E-state index contributed by atoms with van der Waals surface area (Å²) >= 11 is 0. The Morgan fingerprint density at radius 2 is 1.79 bits per heavy atom. The van der Waals surface area contributed by atoms with Crippen LogP contribution in [0.1, 0.15) is 11.5 Å². The fourth-order valence-electron chi connectivity index (χ4n) is 4.45. The number of ether oxygens (including phenoxy) is 3. The summed E-state index contributed by atoms with van der Waals surface area (Å²) < 4.78 is 17.7. The number of nitriles is 1. The molecule has 6 rings (SSSR count). The van der Waals surface area contributed by atoms with E-state index in [-0.39, 0.29) is 5.84 Å². The zero-order valence-electron chi connectivity index (χ0n) is 17.6. The Kier molecular flexibility index (Phi) is 4.14. The van der Waals surface area contributed by atoms with Crippen molar-refractivity contribution < 1.29 is 14.2 Å². The average Bonchev–Trinajstić information content (AvgIpc) is 3.45. The van der Waals surface area contributed by atoms with Crippen LogP contribution in [0.3, 0.4) is 0 Å². The van der Waals surface area contributed by atoms with E-state index in [1.807, 2.05) is 72.8 Å². The van der Waals surface area contributed by atoms with Crippen LogP contribution in [-0.2, 0) is 0 Å². The van der Waals surface area contributed by atoms with Crippen molar-refractivity contribution in [2.45, 2.75) is 5.92 Å². The SMILES string of the molecule is COc1cccc(C2C(C#N)=C3Oc4ccccc4N3C(=N)/C2=C2\Nc3ccccc3O2)c1. The molecule has 0 radical (unpaired) electrons. The average molecular weight is 434 g/mol. The minimum Gasteiger partial charge on any atom is -0.497 e. The van der Waals surface area contributed by atoms with E-state index >= 15 is 0 Å². The molecule has 0 saturated heterocycles. The second-order valence-electron chi connectivity index (χ2n) is 7.76. The third-order valence-electron chi connectivity index (χ3n) is 5.94. The first-order valence-electron chi connectivity index (χ1n) is 10.4. The smallest absolute Gasteiger partial charge is 0.221 e. The molecule has 0 amide bonds. The molecule has 33 heavy (non-hydrogen) atoms. The van der Waals surface area contributed by atoms with Gasteiger partial charge in [-0.2, -0.15) is 5.26 Å². The predicted octanol–water partition coefficient (Wildman–Crippen LogP) is 5.12. The van der Waals surface area contributed by atoms with Crippen LogP contribution in [0.15, 0.2) is 95.7 Å². The number of nitrogens with zero attached hydrogens (tertiary/aromatic N) is 2. The lowest BCUT2D eigenvalue weighted by molar-refractivity contribution is 0.413. The molecule has 0 aromatic heterocycles. The number of hydrogen-bond acceptors (Lipinski definition) is 6. The van der Waals surface area contributed by atoms with Crippen LogP contribution in [0.5, 0.6) is 17.2 Å². The van der Waals surface area contributed by atoms with E-state index in [9.17, 15) is 10.7 Å². The zero-order chi connectivity index (χ0) is 22.5. The molecule has 160 valence electrons. The Balaban J connectivity index is 1.61. The first kappa shape index (κ1) is 19.0. The highest BCUT2D eigenvalue weighted by atomic mass is 16.5. The van der Waals surface area contributed by atoms with E-state index in [1.165, 1.54) is 0 Å². The van der Waals surface area contributed by atoms with Gasteiger partial charge in [-0.15, -0.1) is 0 Å². The number of para-hydroxylation sites is 4. The van der Waals surface area contributed by atoms with Crippen molar-refractivity contribution in [3.63, 3.8) is 0 Å². The maximum atomic E-state index is 10.3. The Bertz CT molecular complexity index is 1410. The summed E-state index contributed by atoms with van der Waals surface area (Å²) in [5.74, 6) is 2.29. The number of benzene rings is 3. The fourth-order valence-corrected chi connectivity index (χ4v) is 4.45. The van der Waals surface area contributed by atoms with Gasteiger partial charge in [0.25, 0.3) is 0 Å². The number of rotatable bonds is 2. The summed E-state index contributed by atoms with van der Waals surface area (Å²) in [7, 11) is 1.60. The molecule has 1 atom stereocenters. The monoisotopic (exact) mass is 434 g/mol. The molecule has 7 nitrogen and oxygen atoms in total. The fraction of sp³-hybridized carbons (Fsp3) is 0.0769. The van der Waals surface area contributed by atoms with Crippen molar-refractivity contribution in [2.24, 2.45) is 0 Å². The number of nitrogens with one attached hydrogen (secondary N) is 2. The highest BCUT2D eigenvalue weighted by molar-refractivity contribution is 6.15. The molecule has 0 spiro atoms. The first-order chi connectivity index (χ1) is 16.2. The van der Waals surface area contributed by atoms with Crippen molar-refractivity contribution in [1.29, 1.82) is 10.7 Å². The van der Waals surface area contributed by atoms with E-state index in [0.717, 1.165) is 11.3 Å². The van der Waals surface area contributed by atoms with Crippen LogP contribution in [0.25, 0.3) is 0 Å². The number of allylic oxidation sites excluding steroid dienone is 1. The third kappa shape index (κ3) is 2.78. The lowest BCUT2D eigenvalue weighted by atomic mass is 9.81. The molecular weight excluding hydrogens is 416 g/mol. The summed E-state index contributed by atoms with van der Waals surface area (Å²) in [6, 6.07) is 24.9. The van der Waals surface area contributed by atoms with Gasteiger partial charge in [-0.25, -0.2) is 0 Å². The molecular formula is C26H18N4O3. The van der Waals surface area contributed by atoms with Crippen LogP contribution in [-0.4, -0.2) is 12.9 Å². The van der Waals surface area contributed by atoms with Gasteiger partial charge in [-0.1, -0.05) is 36.4 Å². The molecule has 0 aliphatic carbocycles. The summed E-state index contributed by atoms with van der Waals surface area (Å²) in [6.07, 6.45) is 0. The van der Waals surface area contributed by atoms with Crippen LogP contribution in [0, 0.1) is 16.7 Å². The van der Waals surface area contributed by atoms with E-state index in [0.29, 0.717) is 45.8 Å². The van der Waals surface area contributed by atoms with Gasteiger partial charge in [0.2, 0.25) is 11.8 Å². The van der Waals surface area contributed by atoms with Gasteiger partial charge in [-0.05, 0) is 42.0 Å². The van der Waals surface area contributed by atoms with Gasteiger partial charge >= 0.3 is 0 Å². The number of hydrogen-bond donors (Lipinski definition) is 2. The van der Waals surface area contributed by atoms with Crippen LogP contribution < -0.4 is 24.4 Å². The lowest BCUT2D eigenvalue weighted by Gasteiger charge is -2.33. The number of fused-ring (bicyclic) bond motifs is 4. The van der Waals surface area contributed by atoms with Crippen LogP contribution in [0.4, 0.5) is 11.4 Å². The third-order valence-corrected chi connectivity index (χ3v) is 5.94. The Morgan fingerprint density at radius 3 is 2.58 bits per heavy atom. The quantitative estimate of drug-likeness (QED) is 0.582. The summed E-state index contributed by atoms with van der Waals surface area (Å²) in [5.41, 5.74) is 3.25. The Labute approximate surface area is 190 Å². The molecule has 2 N–H and O–H groups in total. The van der Waals surface area contributed by atoms with Gasteiger partial charge in [-0.3, -0.25) is 10.3 Å². The topological polar surface area (TPSA) is 90.6 Å². The lowest BCUT2D eigenvalue weighted by Crippen LogP contribution is -2.39. The van der Waals surface area contributed by atoms with Crippen molar-refractivity contribution >= 4 is 17.2 Å². The minimum atomic E-state index is -0.588. The summed E-state index contributed by atoms with van der Waals surface area (Å²) in [6.45, 7) is 0. The second-order valence-corrected chi connectivity index (χ2v) is 7.76. The first-order valence-corrected chi connectivity index (χ1v) is 10.4. The molecule has 3 aromatic carbocycles. The number of anilines is 2. The molecule has 0 bridgehead atoms. The highest BCUT2D eigenvalue weighted by Gasteiger charge is 2.46. The van der Waals surface area contributed by atoms with Crippen molar-refractivity contribution in [3.8, 4) is 23.3 Å². The molecule has 1 unspecified atom stereocenters. The summed E-state index contributed by atoms with van der Waals surface area (Å²) in [5, 5.41) is 22.8. The minimum absolute atomic E-state index is 0.178. The maximum Gasteiger partial charge on any atom is 0.221 e. The molecule has 3 aromatic rings. The van der Waals surface area contributed by atoms with Gasteiger partial charge < -0.3 is 19.5 Å². The predicted molar refractivity (Wildman–Crippen MR) is 123 cm³/mol. The normalized spacial score (nSPS) is 20.2. The number of amidine groups is 1. The molecule has 0 saturated carbocycles. The Hall–Kier alpha value is -4.70. The highest BCUT2D eigenvalue weighted by Crippen LogP contribution is 2.50. The van der Waals surface area contributed by atoms with Crippen molar-refractivity contribution in [2.75, 3.05) is 17.3 Å². The Morgan fingerprint density at radius 1 is 1.00 bits per heavy atom. The molecule has 3 aliphatic heterocycles. The van der Waals surface area contributed by atoms with E-state index in [1.54, 1.807) is 12.0 Å².